The average molecular weight is 304 g/mol. The monoisotopic (exact) mass is 304 g/mol. The zero-order chi connectivity index (χ0) is 15.4. The molecule has 1 amide bonds. The zero-order valence-electron chi connectivity index (χ0n) is 13.1. The minimum absolute atomic E-state index is 0.168. The van der Waals surface area contributed by atoms with Crippen molar-refractivity contribution < 1.29 is 9.18 Å². The maximum atomic E-state index is 13.7. The van der Waals surface area contributed by atoms with Crippen LogP contribution in [0.3, 0.4) is 0 Å². The molecule has 0 spiro atoms. The molecule has 0 atom stereocenters. The molecule has 3 nitrogen and oxygen atoms in total. The van der Waals surface area contributed by atoms with Gasteiger partial charge in [-0.3, -0.25) is 9.69 Å². The van der Waals surface area contributed by atoms with E-state index in [9.17, 15) is 9.18 Å². The number of rotatable bonds is 2. The van der Waals surface area contributed by atoms with Gasteiger partial charge in [0.25, 0.3) is 5.91 Å². The number of amides is 1. The van der Waals surface area contributed by atoms with Crippen LogP contribution in [-0.4, -0.2) is 47.9 Å². The lowest BCUT2D eigenvalue weighted by atomic mass is 10.1. The standard InChI is InChI=1S/C18H25FN2O/c19-17-10-6-5-9-16(17)18(22)21-13-11-20(12-14-21)15-7-3-1-2-4-8-15/h5-6,9-10,15H,1-4,7-8,11-14H2. The Bertz CT molecular complexity index is 504. The van der Waals surface area contributed by atoms with Gasteiger partial charge in [-0.25, -0.2) is 4.39 Å². The largest absolute Gasteiger partial charge is 0.336 e. The van der Waals surface area contributed by atoms with Crippen molar-refractivity contribution in [2.45, 2.75) is 44.6 Å². The van der Waals surface area contributed by atoms with Crippen molar-refractivity contribution >= 4 is 5.91 Å². The summed E-state index contributed by atoms with van der Waals surface area (Å²) in [4.78, 5) is 16.8. The lowest BCUT2D eigenvalue weighted by Crippen LogP contribution is -2.52. The third-order valence-corrected chi connectivity index (χ3v) is 5.05. The first-order valence-corrected chi connectivity index (χ1v) is 8.53. The third kappa shape index (κ3) is 3.49. The summed E-state index contributed by atoms with van der Waals surface area (Å²) in [6.07, 6.45) is 7.98. The van der Waals surface area contributed by atoms with Gasteiger partial charge in [0.2, 0.25) is 0 Å². The molecule has 1 aromatic carbocycles. The summed E-state index contributed by atoms with van der Waals surface area (Å²) < 4.78 is 13.7. The van der Waals surface area contributed by atoms with Crippen LogP contribution in [0.1, 0.15) is 48.9 Å². The van der Waals surface area contributed by atoms with Crippen LogP contribution in [0.15, 0.2) is 24.3 Å². The predicted molar refractivity (Wildman–Crippen MR) is 85.4 cm³/mol. The lowest BCUT2D eigenvalue weighted by molar-refractivity contribution is 0.0547. The fraction of sp³-hybridized carbons (Fsp3) is 0.611. The highest BCUT2D eigenvalue weighted by atomic mass is 19.1. The molecular weight excluding hydrogens is 279 g/mol. The zero-order valence-corrected chi connectivity index (χ0v) is 13.1. The molecule has 0 bridgehead atoms. The predicted octanol–water partition coefficient (Wildman–Crippen LogP) is 3.31. The number of hydrogen-bond donors (Lipinski definition) is 0. The van der Waals surface area contributed by atoms with Gasteiger partial charge in [-0.05, 0) is 25.0 Å². The van der Waals surface area contributed by atoms with E-state index in [2.05, 4.69) is 4.90 Å². The SMILES string of the molecule is O=C(c1ccccc1F)N1CCN(C2CCCCCC2)CC1. The first kappa shape index (κ1) is 15.5. The van der Waals surface area contributed by atoms with Gasteiger partial charge < -0.3 is 4.90 Å². The quantitative estimate of drug-likeness (QED) is 0.783. The fourth-order valence-electron chi connectivity index (χ4n) is 3.72. The van der Waals surface area contributed by atoms with E-state index in [1.807, 2.05) is 0 Å². The van der Waals surface area contributed by atoms with Gasteiger partial charge in [0.15, 0.2) is 0 Å². The maximum Gasteiger partial charge on any atom is 0.256 e. The van der Waals surface area contributed by atoms with Crippen molar-refractivity contribution in [1.82, 2.24) is 9.80 Å². The van der Waals surface area contributed by atoms with Gasteiger partial charge in [-0.2, -0.15) is 0 Å². The molecule has 1 aromatic rings. The van der Waals surface area contributed by atoms with Crippen LogP contribution in [0, 0.1) is 5.82 Å². The number of piperazine rings is 1. The van der Waals surface area contributed by atoms with Crippen molar-refractivity contribution in [3.63, 3.8) is 0 Å². The highest BCUT2D eigenvalue weighted by Gasteiger charge is 2.27. The van der Waals surface area contributed by atoms with Crippen molar-refractivity contribution in [2.75, 3.05) is 26.2 Å². The Kier molecular flexibility index (Phi) is 5.08. The second kappa shape index (κ2) is 7.23. The van der Waals surface area contributed by atoms with Crippen LogP contribution >= 0.6 is 0 Å². The molecule has 0 unspecified atom stereocenters. The Labute approximate surface area is 132 Å². The number of carbonyl (C=O) groups excluding carboxylic acids is 1. The van der Waals surface area contributed by atoms with Gasteiger partial charge in [0.05, 0.1) is 5.56 Å². The van der Waals surface area contributed by atoms with Crippen molar-refractivity contribution in [1.29, 1.82) is 0 Å². The number of nitrogens with zero attached hydrogens (tertiary/aromatic N) is 2. The molecule has 0 N–H and O–H groups in total. The second-order valence-electron chi connectivity index (χ2n) is 6.45. The van der Waals surface area contributed by atoms with Crippen molar-refractivity contribution in [2.24, 2.45) is 0 Å². The normalized spacial score (nSPS) is 21.6. The molecule has 0 aromatic heterocycles. The number of hydrogen-bond acceptors (Lipinski definition) is 2. The van der Waals surface area contributed by atoms with E-state index in [1.54, 1.807) is 23.1 Å². The van der Waals surface area contributed by atoms with Crippen LogP contribution in [0.2, 0.25) is 0 Å². The molecule has 1 saturated carbocycles. The average Bonchev–Trinajstić information content (AvgIpc) is 2.84. The third-order valence-electron chi connectivity index (χ3n) is 5.05. The second-order valence-corrected chi connectivity index (χ2v) is 6.45. The molecule has 2 fully saturated rings. The Morgan fingerprint density at radius 2 is 1.59 bits per heavy atom. The van der Waals surface area contributed by atoms with E-state index in [1.165, 1.54) is 44.6 Å². The van der Waals surface area contributed by atoms with Crippen LogP contribution < -0.4 is 0 Å². The molecule has 1 saturated heterocycles. The van der Waals surface area contributed by atoms with Gasteiger partial charge >= 0.3 is 0 Å². The summed E-state index contributed by atoms with van der Waals surface area (Å²) in [5, 5.41) is 0. The Balaban J connectivity index is 1.57. The summed E-state index contributed by atoms with van der Waals surface area (Å²) in [5.74, 6) is -0.586. The Hall–Kier alpha value is -1.42. The van der Waals surface area contributed by atoms with Gasteiger partial charge in [0, 0.05) is 32.2 Å². The number of benzene rings is 1. The molecule has 4 heteroatoms. The van der Waals surface area contributed by atoms with E-state index < -0.39 is 5.82 Å². The van der Waals surface area contributed by atoms with E-state index in [4.69, 9.17) is 0 Å². The van der Waals surface area contributed by atoms with Crippen LogP contribution in [-0.2, 0) is 0 Å². The van der Waals surface area contributed by atoms with Crippen molar-refractivity contribution in [3.05, 3.63) is 35.6 Å². The maximum absolute atomic E-state index is 13.7. The van der Waals surface area contributed by atoms with Gasteiger partial charge in [-0.15, -0.1) is 0 Å². The molecular formula is C18H25FN2O. The smallest absolute Gasteiger partial charge is 0.256 e. The fourth-order valence-corrected chi connectivity index (χ4v) is 3.72. The molecule has 2 aliphatic rings. The van der Waals surface area contributed by atoms with Crippen LogP contribution in [0.25, 0.3) is 0 Å². The Morgan fingerprint density at radius 1 is 0.955 bits per heavy atom. The molecule has 1 aliphatic carbocycles. The van der Waals surface area contributed by atoms with Crippen molar-refractivity contribution in [3.8, 4) is 0 Å². The lowest BCUT2D eigenvalue weighted by Gasteiger charge is -2.39. The van der Waals surface area contributed by atoms with Gasteiger partial charge in [-0.1, -0.05) is 37.8 Å². The summed E-state index contributed by atoms with van der Waals surface area (Å²) in [7, 11) is 0. The first-order chi connectivity index (χ1) is 10.8. The molecule has 1 aliphatic heterocycles. The summed E-state index contributed by atoms with van der Waals surface area (Å²) in [6, 6.07) is 6.96. The topological polar surface area (TPSA) is 23.6 Å². The molecule has 0 radical (unpaired) electrons. The van der Waals surface area contributed by atoms with E-state index in [-0.39, 0.29) is 11.5 Å². The van der Waals surface area contributed by atoms with E-state index in [0.29, 0.717) is 19.1 Å². The minimum atomic E-state index is -0.418. The number of carbonyl (C=O) groups is 1. The highest BCUT2D eigenvalue weighted by Crippen LogP contribution is 2.23. The van der Waals surface area contributed by atoms with E-state index >= 15 is 0 Å². The minimum Gasteiger partial charge on any atom is -0.336 e. The summed E-state index contributed by atoms with van der Waals surface area (Å²) >= 11 is 0. The van der Waals surface area contributed by atoms with Gasteiger partial charge in [0.1, 0.15) is 5.82 Å². The summed E-state index contributed by atoms with van der Waals surface area (Å²) in [5.41, 5.74) is 0.199. The molecule has 22 heavy (non-hydrogen) atoms. The van der Waals surface area contributed by atoms with Crippen LogP contribution in [0.5, 0.6) is 0 Å². The molecule has 120 valence electrons. The highest BCUT2D eigenvalue weighted by molar-refractivity contribution is 5.94. The van der Waals surface area contributed by atoms with Crippen LogP contribution in [0.4, 0.5) is 4.39 Å². The first-order valence-electron chi connectivity index (χ1n) is 8.53. The molecule has 3 rings (SSSR count). The molecule has 1 heterocycles. The Morgan fingerprint density at radius 3 is 2.23 bits per heavy atom. The van der Waals surface area contributed by atoms with E-state index in [0.717, 1.165) is 13.1 Å². The summed E-state index contributed by atoms with van der Waals surface area (Å²) in [6.45, 7) is 3.27. The number of halogens is 1.